The number of carbonyl (C=O) groups excluding carboxylic acids is 1. The van der Waals surface area contributed by atoms with Crippen LogP contribution in [0.25, 0.3) is 0 Å². The summed E-state index contributed by atoms with van der Waals surface area (Å²) < 4.78 is 5.10. The van der Waals surface area contributed by atoms with Gasteiger partial charge in [0.05, 0.1) is 0 Å². The van der Waals surface area contributed by atoms with Crippen molar-refractivity contribution in [3.63, 3.8) is 0 Å². The van der Waals surface area contributed by atoms with E-state index >= 15 is 0 Å². The minimum Gasteiger partial charge on any atom is -0.484 e. The predicted molar refractivity (Wildman–Crippen MR) is 58.7 cm³/mol. The summed E-state index contributed by atoms with van der Waals surface area (Å²) in [5, 5.41) is 3.11. The molecule has 0 heterocycles. The zero-order valence-electron chi connectivity index (χ0n) is 8.40. The maximum absolute atomic E-state index is 10.5. The lowest BCUT2D eigenvalue weighted by Crippen LogP contribution is -2.20. The Labute approximate surface area is 88.4 Å². The average Bonchev–Trinajstić information content (AvgIpc) is 2.25. The monoisotopic (exact) mass is 209 g/mol. The molecule has 0 aliphatic rings. The number of anilines is 1. The predicted octanol–water partition coefficient (Wildman–Crippen LogP) is -0.0787. The number of nitrogens with two attached hydrogens (primary N) is 2. The summed E-state index contributed by atoms with van der Waals surface area (Å²) in [6.07, 6.45) is 0. The van der Waals surface area contributed by atoms with E-state index in [4.69, 9.17) is 16.2 Å². The van der Waals surface area contributed by atoms with E-state index in [1.54, 1.807) is 12.1 Å². The number of rotatable bonds is 6. The minimum atomic E-state index is -0.486. The lowest BCUT2D eigenvalue weighted by Gasteiger charge is -2.06. The third-order valence-electron chi connectivity index (χ3n) is 1.71. The van der Waals surface area contributed by atoms with Crippen LogP contribution in [0.2, 0.25) is 0 Å². The van der Waals surface area contributed by atoms with Gasteiger partial charge >= 0.3 is 0 Å². The minimum absolute atomic E-state index is 0.102. The molecule has 0 aliphatic heterocycles. The van der Waals surface area contributed by atoms with E-state index in [1.165, 1.54) is 0 Å². The molecule has 1 aromatic carbocycles. The van der Waals surface area contributed by atoms with Gasteiger partial charge in [0.15, 0.2) is 6.61 Å². The topological polar surface area (TPSA) is 90.4 Å². The van der Waals surface area contributed by atoms with Gasteiger partial charge in [-0.15, -0.1) is 0 Å². The van der Waals surface area contributed by atoms with E-state index in [9.17, 15) is 4.79 Å². The van der Waals surface area contributed by atoms with Crippen LogP contribution in [0.3, 0.4) is 0 Å². The zero-order chi connectivity index (χ0) is 11.1. The van der Waals surface area contributed by atoms with E-state index in [0.717, 1.165) is 12.2 Å². The van der Waals surface area contributed by atoms with E-state index < -0.39 is 5.91 Å². The van der Waals surface area contributed by atoms with E-state index in [-0.39, 0.29) is 6.61 Å². The van der Waals surface area contributed by atoms with E-state index in [2.05, 4.69) is 5.32 Å². The molecule has 15 heavy (non-hydrogen) atoms. The van der Waals surface area contributed by atoms with Crippen LogP contribution in [-0.4, -0.2) is 25.6 Å². The van der Waals surface area contributed by atoms with Crippen molar-refractivity contribution in [1.82, 2.24) is 0 Å². The van der Waals surface area contributed by atoms with Gasteiger partial charge in [0.2, 0.25) is 0 Å². The number of ether oxygens (including phenoxy) is 1. The molecular weight excluding hydrogens is 194 g/mol. The van der Waals surface area contributed by atoms with Crippen LogP contribution < -0.4 is 21.5 Å². The molecule has 0 aromatic heterocycles. The molecular formula is C10H15N3O2. The summed E-state index contributed by atoms with van der Waals surface area (Å²) in [7, 11) is 0. The molecule has 5 N–H and O–H groups in total. The average molecular weight is 209 g/mol. The Kier molecular flexibility index (Phi) is 4.43. The number of benzene rings is 1. The molecule has 0 saturated carbocycles. The fourth-order valence-corrected chi connectivity index (χ4v) is 1.04. The smallest absolute Gasteiger partial charge is 0.255 e. The number of nitrogens with one attached hydrogen (secondary N) is 1. The maximum atomic E-state index is 10.5. The van der Waals surface area contributed by atoms with Gasteiger partial charge in [-0.2, -0.15) is 0 Å². The first-order valence-electron chi connectivity index (χ1n) is 4.67. The molecule has 1 amide bonds. The van der Waals surface area contributed by atoms with Gasteiger partial charge in [0.25, 0.3) is 5.91 Å². The molecule has 0 unspecified atom stereocenters. The van der Waals surface area contributed by atoms with Crippen LogP contribution >= 0.6 is 0 Å². The zero-order valence-corrected chi connectivity index (χ0v) is 8.40. The van der Waals surface area contributed by atoms with Gasteiger partial charge in [-0.05, 0) is 24.3 Å². The van der Waals surface area contributed by atoms with Gasteiger partial charge in [-0.1, -0.05) is 0 Å². The van der Waals surface area contributed by atoms with Crippen molar-refractivity contribution >= 4 is 11.6 Å². The lowest BCUT2D eigenvalue weighted by atomic mass is 10.3. The van der Waals surface area contributed by atoms with Crippen LogP contribution in [0.1, 0.15) is 0 Å². The third kappa shape index (κ3) is 4.33. The Morgan fingerprint density at radius 1 is 1.33 bits per heavy atom. The molecule has 0 aliphatic carbocycles. The standard InChI is InChI=1S/C10H15N3O2/c11-5-6-13-8-1-3-9(4-2-8)15-7-10(12)14/h1-4,13H,5-7,11H2,(H2,12,14). The normalized spacial score (nSPS) is 9.67. The SMILES string of the molecule is NCCNc1ccc(OCC(N)=O)cc1. The molecule has 0 fully saturated rings. The highest BCUT2D eigenvalue weighted by molar-refractivity contribution is 5.75. The highest BCUT2D eigenvalue weighted by atomic mass is 16.5. The number of carbonyl (C=O) groups is 1. The largest absolute Gasteiger partial charge is 0.484 e. The van der Waals surface area contributed by atoms with Crippen LogP contribution in [0.4, 0.5) is 5.69 Å². The quantitative estimate of drug-likeness (QED) is 0.611. The Bertz CT molecular complexity index is 311. The van der Waals surface area contributed by atoms with E-state index in [1.807, 2.05) is 12.1 Å². The van der Waals surface area contributed by atoms with E-state index in [0.29, 0.717) is 12.3 Å². The van der Waals surface area contributed by atoms with Crippen molar-refractivity contribution in [2.45, 2.75) is 0 Å². The molecule has 0 radical (unpaired) electrons. The summed E-state index contributed by atoms with van der Waals surface area (Å²) in [5.74, 6) is 0.132. The van der Waals surface area contributed by atoms with Crippen molar-refractivity contribution in [3.8, 4) is 5.75 Å². The van der Waals surface area contributed by atoms with Gasteiger partial charge < -0.3 is 21.5 Å². The summed E-state index contributed by atoms with van der Waals surface area (Å²) in [4.78, 5) is 10.5. The lowest BCUT2D eigenvalue weighted by molar-refractivity contribution is -0.119. The van der Waals surface area contributed by atoms with Crippen molar-refractivity contribution < 1.29 is 9.53 Å². The number of hydrogen-bond donors (Lipinski definition) is 3. The van der Waals surface area contributed by atoms with Crippen molar-refractivity contribution in [3.05, 3.63) is 24.3 Å². The van der Waals surface area contributed by atoms with Crippen LogP contribution in [-0.2, 0) is 4.79 Å². The number of hydrogen-bond acceptors (Lipinski definition) is 4. The molecule has 82 valence electrons. The Hall–Kier alpha value is -1.75. The Balaban J connectivity index is 2.45. The molecule has 0 spiro atoms. The first-order chi connectivity index (χ1) is 7.22. The molecule has 0 bridgehead atoms. The summed E-state index contributed by atoms with van der Waals surface area (Å²) in [5.41, 5.74) is 11.3. The van der Waals surface area contributed by atoms with Gasteiger partial charge in [-0.3, -0.25) is 4.79 Å². The fourth-order valence-electron chi connectivity index (χ4n) is 1.04. The van der Waals surface area contributed by atoms with Gasteiger partial charge in [0.1, 0.15) is 5.75 Å². The summed E-state index contributed by atoms with van der Waals surface area (Å²) in [6.45, 7) is 1.21. The highest BCUT2D eigenvalue weighted by Crippen LogP contribution is 2.14. The van der Waals surface area contributed by atoms with Crippen molar-refractivity contribution in [2.75, 3.05) is 25.0 Å². The Morgan fingerprint density at radius 2 is 2.00 bits per heavy atom. The highest BCUT2D eigenvalue weighted by Gasteiger charge is 1.97. The first-order valence-corrected chi connectivity index (χ1v) is 4.67. The summed E-state index contributed by atoms with van der Waals surface area (Å²) in [6, 6.07) is 7.24. The molecule has 1 rings (SSSR count). The van der Waals surface area contributed by atoms with Gasteiger partial charge in [-0.25, -0.2) is 0 Å². The van der Waals surface area contributed by atoms with Crippen LogP contribution in [0.15, 0.2) is 24.3 Å². The Morgan fingerprint density at radius 3 is 2.53 bits per heavy atom. The third-order valence-corrected chi connectivity index (χ3v) is 1.71. The van der Waals surface area contributed by atoms with Crippen molar-refractivity contribution in [2.24, 2.45) is 11.5 Å². The molecule has 1 aromatic rings. The van der Waals surface area contributed by atoms with Crippen LogP contribution in [0.5, 0.6) is 5.75 Å². The molecule has 0 atom stereocenters. The fraction of sp³-hybridized carbons (Fsp3) is 0.300. The second-order valence-corrected chi connectivity index (χ2v) is 2.99. The molecule has 5 nitrogen and oxygen atoms in total. The second kappa shape index (κ2) is 5.87. The second-order valence-electron chi connectivity index (χ2n) is 2.99. The number of primary amides is 1. The first kappa shape index (κ1) is 11.3. The van der Waals surface area contributed by atoms with Gasteiger partial charge in [0, 0.05) is 18.8 Å². The van der Waals surface area contributed by atoms with Crippen molar-refractivity contribution in [1.29, 1.82) is 0 Å². The van der Waals surface area contributed by atoms with Crippen LogP contribution in [0, 0.1) is 0 Å². The molecule has 0 saturated heterocycles. The summed E-state index contributed by atoms with van der Waals surface area (Å²) >= 11 is 0. The number of amides is 1. The molecule has 5 heteroatoms. The maximum Gasteiger partial charge on any atom is 0.255 e.